The molecule has 1 aliphatic rings. The predicted octanol–water partition coefficient (Wildman–Crippen LogP) is 1.70. The fraction of sp³-hybridized carbons (Fsp3) is 0.417. The average Bonchev–Trinajstić information content (AvgIpc) is 2.70. The van der Waals surface area contributed by atoms with Gasteiger partial charge in [-0.25, -0.2) is 13.4 Å². The lowest BCUT2D eigenvalue weighted by atomic mass is 10.3. The molecule has 2 heterocycles. The van der Waals surface area contributed by atoms with Gasteiger partial charge >= 0.3 is 0 Å². The third-order valence-corrected chi connectivity index (χ3v) is 6.18. The molecule has 0 bridgehead atoms. The van der Waals surface area contributed by atoms with E-state index >= 15 is 0 Å². The summed E-state index contributed by atoms with van der Waals surface area (Å²) >= 11 is 1.38. The highest BCUT2D eigenvalue weighted by molar-refractivity contribution is 7.89. The number of nitrogens with one attached hydrogen (secondary N) is 1. The van der Waals surface area contributed by atoms with Gasteiger partial charge in [-0.05, 0) is 25.1 Å². The van der Waals surface area contributed by atoms with Gasteiger partial charge in [0.2, 0.25) is 10.0 Å². The molecule has 1 aromatic heterocycles. The van der Waals surface area contributed by atoms with Crippen molar-refractivity contribution in [3.63, 3.8) is 0 Å². The van der Waals surface area contributed by atoms with Gasteiger partial charge in [0.15, 0.2) is 0 Å². The molecule has 5 nitrogen and oxygen atoms in total. The van der Waals surface area contributed by atoms with E-state index in [4.69, 9.17) is 0 Å². The van der Waals surface area contributed by atoms with Crippen molar-refractivity contribution in [3.05, 3.63) is 23.7 Å². The van der Waals surface area contributed by atoms with E-state index in [-0.39, 0.29) is 12.4 Å². The van der Waals surface area contributed by atoms with Crippen molar-refractivity contribution < 1.29 is 8.42 Å². The molecule has 0 saturated carbocycles. The van der Waals surface area contributed by atoms with Gasteiger partial charge in [0, 0.05) is 19.6 Å². The van der Waals surface area contributed by atoms with E-state index < -0.39 is 10.0 Å². The zero-order valence-corrected chi connectivity index (χ0v) is 13.2. The third-order valence-electron chi connectivity index (χ3n) is 3.24. The number of nitrogens with zero attached hydrogens (tertiary/aromatic N) is 2. The first-order chi connectivity index (χ1) is 9.19. The highest BCUT2D eigenvalue weighted by Crippen LogP contribution is 2.28. The van der Waals surface area contributed by atoms with Crippen LogP contribution in [0, 0.1) is 0 Å². The van der Waals surface area contributed by atoms with Gasteiger partial charge in [-0.3, -0.25) is 0 Å². The Morgan fingerprint density at radius 2 is 2.10 bits per heavy atom. The second kappa shape index (κ2) is 6.36. The summed E-state index contributed by atoms with van der Waals surface area (Å²) in [6.07, 6.45) is 0.845. The Balaban J connectivity index is 0.00000147. The van der Waals surface area contributed by atoms with Gasteiger partial charge in [0.25, 0.3) is 0 Å². The number of hydrogen-bond donors (Lipinski definition) is 1. The van der Waals surface area contributed by atoms with Crippen molar-refractivity contribution in [3.8, 4) is 0 Å². The lowest BCUT2D eigenvalue weighted by Gasteiger charge is -2.19. The fourth-order valence-corrected chi connectivity index (χ4v) is 4.99. The number of benzene rings is 1. The number of sulfonamides is 1. The number of halogens is 1. The van der Waals surface area contributed by atoms with Gasteiger partial charge in [0.1, 0.15) is 4.90 Å². The normalized spacial score (nSPS) is 17.6. The summed E-state index contributed by atoms with van der Waals surface area (Å²) in [7, 11) is -3.42. The summed E-state index contributed by atoms with van der Waals surface area (Å²) < 4.78 is 27.8. The minimum Gasteiger partial charge on any atom is -0.315 e. The topological polar surface area (TPSA) is 62.3 Å². The second-order valence-electron chi connectivity index (χ2n) is 4.46. The van der Waals surface area contributed by atoms with Gasteiger partial charge in [0.05, 0.1) is 15.7 Å². The number of fused-ring (bicyclic) bond motifs is 1. The highest BCUT2D eigenvalue weighted by atomic mass is 35.5. The molecular formula is C12H16ClN3O2S2. The zero-order chi connectivity index (χ0) is 13.3. The van der Waals surface area contributed by atoms with E-state index in [1.807, 2.05) is 6.07 Å². The first kappa shape index (κ1) is 15.7. The smallest absolute Gasteiger partial charge is 0.244 e. The van der Waals surface area contributed by atoms with Crippen LogP contribution in [-0.2, 0) is 10.0 Å². The van der Waals surface area contributed by atoms with Crippen LogP contribution in [0.25, 0.3) is 10.2 Å². The molecule has 0 spiro atoms. The Morgan fingerprint density at radius 3 is 2.95 bits per heavy atom. The summed E-state index contributed by atoms with van der Waals surface area (Å²) in [4.78, 5) is 4.56. The number of hydrogen-bond acceptors (Lipinski definition) is 5. The van der Waals surface area contributed by atoms with E-state index in [1.54, 1.807) is 21.9 Å². The van der Waals surface area contributed by atoms with Crippen LogP contribution in [0.4, 0.5) is 0 Å². The Hall–Kier alpha value is -0.730. The molecule has 0 amide bonds. The van der Waals surface area contributed by atoms with Gasteiger partial charge < -0.3 is 5.32 Å². The maximum absolute atomic E-state index is 12.7. The Bertz CT molecular complexity index is 679. The van der Waals surface area contributed by atoms with Crippen molar-refractivity contribution >= 4 is 44.0 Å². The SMILES string of the molecule is Cl.O=S(=O)(c1cccc2ncsc12)N1CCCNCC1. The van der Waals surface area contributed by atoms with Crippen molar-refractivity contribution in [1.82, 2.24) is 14.6 Å². The van der Waals surface area contributed by atoms with E-state index in [0.717, 1.165) is 23.2 Å². The van der Waals surface area contributed by atoms with Crippen LogP contribution in [-0.4, -0.2) is 43.9 Å². The molecule has 0 atom stereocenters. The molecule has 110 valence electrons. The predicted molar refractivity (Wildman–Crippen MR) is 83.1 cm³/mol. The minimum absolute atomic E-state index is 0. The molecule has 2 aromatic rings. The molecule has 1 aliphatic heterocycles. The zero-order valence-electron chi connectivity index (χ0n) is 10.8. The monoisotopic (exact) mass is 333 g/mol. The summed E-state index contributed by atoms with van der Waals surface area (Å²) in [6.45, 7) is 2.68. The number of thiazole rings is 1. The molecule has 1 aromatic carbocycles. The summed E-state index contributed by atoms with van der Waals surface area (Å²) in [6, 6.07) is 5.27. The molecule has 20 heavy (non-hydrogen) atoms. The van der Waals surface area contributed by atoms with Crippen LogP contribution in [0.1, 0.15) is 6.42 Å². The lowest BCUT2D eigenvalue weighted by Crippen LogP contribution is -2.34. The Morgan fingerprint density at radius 1 is 1.25 bits per heavy atom. The summed E-state index contributed by atoms with van der Waals surface area (Å²) in [5, 5.41) is 3.22. The molecule has 1 N–H and O–H groups in total. The van der Waals surface area contributed by atoms with Crippen LogP contribution < -0.4 is 5.32 Å². The second-order valence-corrected chi connectivity index (χ2v) is 7.23. The maximum Gasteiger partial charge on any atom is 0.244 e. The maximum atomic E-state index is 12.7. The van der Waals surface area contributed by atoms with Gasteiger partial charge in [-0.1, -0.05) is 6.07 Å². The van der Waals surface area contributed by atoms with Gasteiger partial charge in [-0.2, -0.15) is 4.31 Å². The van der Waals surface area contributed by atoms with E-state index in [1.165, 1.54) is 11.3 Å². The highest BCUT2D eigenvalue weighted by Gasteiger charge is 2.27. The molecule has 8 heteroatoms. The standard InChI is InChI=1S/C12H15N3O2S2.ClH/c16-19(17,15-7-2-5-13-6-8-15)11-4-1-3-10-12(11)18-9-14-10;/h1,3-4,9,13H,2,5-8H2;1H. The van der Waals surface area contributed by atoms with Crippen molar-refractivity contribution in [2.75, 3.05) is 26.2 Å². The largest absolute Gasteiger partial charge is 0.315 e. The van der Waals surface area contributed by atoms with Crippen LogP contribution in [0.5, 0.6) is 0 Å². The molecule has 0 unspecified atom stereocenters. The summed E-state index contributed by atoms with van der Waals surface area (Å²) in [5.74, 6) is 0. The van der Waals surface area contributed by atoms with Crippen LogP contribution in [0.15, 0.2) is 28.6 Å². The molecule has 1 saturated heterocycles. The minimum atomic E-state index is -3.42. The molecule has 0 radical (unpaired) electrons. The fourth-order valence-electron chi connectivity index (χ4n) is 2.26. The average molecular weight is 334 g/mol. The lowest BCUT2D eigenvalue weighted by molar-refractivity contribution is 0.432. The third kappa shape index (κ3) is 2.82. The number of rotatable bonds is 2. The van der Waals surface area contributed by atoms with Crippen molar-refractivity contribution in [2.24, 2.45) is 0 Å². The van der Waals surface area contributed by atoms with E-state index in [2.05, 4.69) is 10.3 Å². The molecule has 1 fully saturated rings. The van der Waals surface area contributed by atoms with Crippen molar-refractivity contribution in [1.29, 1.82) is 0 Å². The first-order valence-corrected chi connectivity index (χ1v) is 8.54. The van der Waals surface area contributed by atoms with E-state index in [9.17, 15) is 8.42 Å². The van der Waals surface area contributed by atoms with Crippen LogP contribution >= 0.6 is 23.7 Å². The number of aromatic nitrogens is 1. The molecule has 3 rings (SSSR count). The van der Waals surface area contributed by atoms with Crippen LogP contribution in [0.3, 0.4) is 0 Å². The van der Waals surface area contributed by atoms with Gasteiger partial charge in [-0.15, -0.1) is 23.7 Å². The quantitative estimate of drug-likeness (QED) is 0.908. The Kier molecular flexibility index (Phi) is 4.98. The van der Waals surface area contributed by atoms with Crippen LogP contribution in [0.2, 0.25) is 0 Å². The summed E-state index contributed by atoms with van der Waals surface area (Å²) in [5.41, 5.74) is 2.44. The molecule has 0 aliphatic carbocycles. The molecular weight excluding hydrogens is 318 g/mol. The van der Waals surface area contributed by atoms with Crippen molar-refractivity contribution in [2.45, 2.75) is 11.3 Å². The Labute approximate surface area is 128 Å². The van der Waals surface area contributed by atoms with E-state index in [0.29, 0.717) is 24.5 Å². The first-order valence-electron chi connectivity index (χ1n) is 6.23.